The minimum atomic E-state index is -3.47. The number of furan rings is 1. The van der Waals surface area contributed by atoms with Crippen LogP contribution in [0.3, 0.4) is 0 Å². The normalized spacial score (nSPS) is 20.8. The second-order valence-electron chi connectivity index (χ2n) is 5.64. The van der Waals surface area contributed by atoms with E-state index in [0.29, 0.717) is 36.0 Å². The molecule has 1 aromatic rings. The number of hydrogen-bond acceptors (Lipinski definition) is 4. The highest BCUT2D eigenvalue weighted by Gasteiger charge is 2.32. The van der Waals surface area contributed by atoms with Crippen LogP contribution in [-0.2, 0) is 16.6 Å². The summed E-state index contributed by atoms with van der Waals surface area (Å²) in [5.41, 5.74) is 0. The van der Waals surface area contributed by atoms with Crippen molar-refractivity contribution in [3.05, 3.63) is 16.5 Å². The summed E-state index contributed by atoms with van der Waals surface area (Å²) < 4.78 is 32.8. The van der Waals surface area contributed by atoms with Crippen LogP contribution < -0.4 is 5.32 Å². The van der Waals surface area contributed by atoms with Crippen LogP contribution in [0.2, 0.25) is 0 Å². The molecule has 1 saturated heterocycles. The van der Waals surface area contributed by atoms with E-state index in [0.717, 1.165) is 25.8 Å². The molecule has 1 N–H and O–H groups in total. The molecule has 0 bridgehead atoms. The molecule has 7 heteroatoms. The maximum atomic E-state index is 12.7. The Morgan fingerprint density at radius 3 is 2.95 bits per heavy atom. The molecule has 1 aliphatic heterocycles. The SMILES string of the molecule is CCCNCc1cc(S(=O)(=O)N2CCCC(C)C2)c(Br)o1. The number of sulfonamides is 1. The number of nitrogens with zero attached hydrogens (tertiary/aromatic N) is 1. The van der Waals surface area contributed by atoms with Gasteiger partial charge in [-0.2, -0.15) is 4.31 Å². The zero-order chi connectivity index (χ0) is 15.5. The standard InChI is InChI=1S/C14H23BrN2O3S/c1-3-6-16-9-12-8-13(14(15)20-12)21(18,19)17-7-4-5-11(2)10-17/h8,11,16H,3-7,9-10H2,1-2H3. The van der Waals surface area contributed by atoms with E-state index in [2.05, 4.69) is 35.1 Å². The van der Waals surface area contributed by atoms with E-state index in [1.165, 1.54) is 0 Å². The average molecular weight is 379 g/mol. The Morgan fingerprint density at radius 1 is 1.52 bits per heavy atom. The summed E-state index contributed by atoms with van der Waals surface area (Å²) in [5, 5.41) is 3.21. The molecule has 0 aromatic carbocycles. The Morgan fingerprint density at radius 2 is 2.29 bits per heavy atom. The third-order valence-corrected chi connectivity index (χ3v) is 6.39. The second-order valence-corrected chi connectivity index (χ2v) is 8.26. The lowest BCUT2D eigenvalue weighted by atomic mass is 10.0. The molecule has 1 aliphatic rings. The molecule has 0 aliphatic carbocycles. The van der Waals surface area contributed by atoms with Crippen molar-refractivity contribution in [1.29, 1.82) is 0 Å². The first-order chi connectivity index (χ1) is 9.95. The summed E-state index contributed by atoms with van der Waals surface area (Å²) in [6, 6.07) is 1.63. The first-order valence-electron chi connectivity index (χ1n) is 7.44. The maximum absolute atomic E-state index is 12.7. The van der Waals surface area contributed by atoms with Gasteiger partial charge in [0.1, 0.15) is 10.7 Å². The van der Waals surface area contributed by atoms with E-state index in [-0.39, 0.29) is 4.90 Å². The first-order valence-corrected chi connectivity index (χ1v) is 9.67. The summed E-state index contributed by atoms with van der Waals surface area (Å²) in [7, 11) is -3.47. The second kappa shape index (κ2) is 7.26. The zero-order valence-corrected chi connectivity index (χ0v) is 15.0. The fraction of sp³-hybridized carbons (Fsp3) is 0.714. The summed E-state index contributed by atoms with van der Waals surface area (Å²) >= 11 is 3.24. The summed E-state index contributed by atoms with van der Waals surface area (Å²) in [6.07, 6.45) is 3.03. The largest absolute Gasteiger partial charge is 0.452 e. The highest BCUT2D eigenvalue weighted by molar-refractivity contribution is 9.10. The molecule has 0 saturated carbocycles. The molecular weight excluding hydrogens is 356 g/mol. The van der Waals surface area contributed by atoms with E-state index in [1.807, 2.05) is 0 Å². The molecule has 2 rings (SSSR count). The molecule has 1 fully saturated rings. The van der Waals surface area contributed by atoms with Crippen molar-refractivity contribution < 1.29 is 12.8 Å². The van der Waals surface area contributed by atoms with Gasteiger partial charge in [-0.15, -0.1) is 0 Å². The Kier molecular flexibility index (Phi) is 5.88. The molecule has 2 heterocycles. The zero-order valence-electron chi connectivity index (χ0n) is 12.6. The van der Waals surface area contributed by atoms with E-state index in [1.54, 1.807) is 10.4 Å². The van der Waals surface area contributed by atoms with Crippen molar-refractivity contribution in [2.24, 2.45) is 5.92 Å². The summed E-state index contributed by atoms with van der Waals surface area (Å²) in [6.45, 7) is 6.77. The molecule has 0 spiro atoms. The molecular formula is C14H23BrN2O3S. The van der Waals surface area contributed by atoms with E-state index >= 15 is 0 Å². The molecule has 120 valence electrons. The third-order valence-electron chi connectivity index (χ3n) is 3.67. The molecule has 1 atom stereocenters. The van der Waals surface area contributed by atoms with Crippen LogP contribution in [0.1, 0.15) is 38.9 Å². The van der Waals surface area contributed by atoms with Gasteiger partial charge in [0.25, 0.3) is 0 Å². The van der Waals surface area contributed by atoms with Crippen LogP contribution in [0.4, 0.5) is 0 Å². The Hall–Kier alpha value is -0.370. The Bertz CT molecular complexity index is 571. The minimum Gasteiger partial charge on any atom is -0.452 e. The lowest BCUT2D eigenvalue weighted by Crippen LogP contribution is -2.39. The van der Waals surface area contributed by atoms with Gasteiger partial charge in [0.05, 0.1) is 6.54 Å². The van der Waals surface area contributed by atoms with Crippen LogP contribution in [0.5, 0.6) is 0 Å². The summed E-state index contributed by atoms with van der Waals surface area (Å²) in [4.78, 5) is 0.241. The number of rotatable bonds is 6. The van der Waals surface area contributed by atoms with Crippen molar-refractivity contribution in [3.8, 4) is 0 Å². The van der Waals surface area contributed by atoms with E-state index in [4.69, 9.17) is 4.42 Å². The Labute approximate surface area is 135 Å². The van der Waals surface area contributed by atoms with Gasteiger partial charge < -0.3 is 9.73 Å². The number of piperidine rings is 1. The number of halogens is 1. The molecule has 21 heavy (non-hydrogen) atoms. The lowest BCUT2D eigenvalue weighted by Gasteiger charge is -2.29. The Balaban J connectivity index is 2.15. The monoisotopic (exact) mass is 378 g/mol. The average Bonchev–Trinajstić information content (AvgIpc) is 2.81. The maximum Gasteiger partial charge on any atom is 0.247 e. The van der Waals surface area contributed by atoms with Crippen LogP contribution in [0.15, 0.2) is 20.0 Å². The van der Waals surface area contributed by atoms with Gasteiger partial charge in [-0.3, -0.25) is 0 Å². The van der Waals surface area contributed by atoms with Gasteiger partial charge in [-0.05, 0) is 47.7 Å². The quantitative estimate of drug-likeness (QED) is 0.772. The highest BCUT2D eigenvalue weighted by atomic mass is 79.9. The van der Waals surface area contributed by atoms with Gasteiger partial charge in [-0.25, -0.2) is 8.42 Å². The van der Waals surface area contributed by atoms with Crippen molar-refractivity contribution in [1.82, 2.24) is 9.62 Å². The fourth-order valence-corrected chi connectivity index (χ4v) is 5.11. The van der Waals surface area contributed by atoms with Gasteiger partial charge >= 0.3 is 0 Å². The third kappa shape index (κ3) is 4.09. The van der Waals surface area contributed by atoms with E-state index < -0.39 is 10.0 Å². The highest BCUT2D eigenvalue weighted by Crippen LogP contribution is 2.31. The smallest absolute Gasteiger partial charge is 0.247 e. The van der Waals surface area contributed by atoms with Crippen LogP contribution in [0, 0.1) is 5.92 Å². The number of hydrogen-bond donors (Lipinski definition) is 1. The lowest BCUT2D eigenvalue weighted by molar-refractivity contribution is 0.281. The van der Waals surface area contributed by atoms with Crippen LogP contribution in [0.25, 0.3) is 0 Å². The van der Waals surface area contributed by atoms with Gasteiger partial charge in [-0.1, -0.05) is 13.8 Å². The van der Waals surface area contributed by atoms with E-state index in [9.17, 15) is 8.42 Å². The van der Waals surface area contributed by atoms with Crippen molar-refractivity contribution in [2.75, 3.05) is 19.6 Å². The molecule has 0 radical (unpaired) electrons. The van der Waals surface area contributed by atoms with Crippen LogP contribution in [-0.4, -0.2) is 32.4 Å². The molecule has 5 nitrogen and oxygen atoms in total. The van der Waals surface area contributed by atoms with Crippen molar-refractivity contribution in [2.45, 2.75) is 44.6 Å². The topological polar surface area (TPSA) is 62.6 Å². The molecule has 1 aromatic heterocycles. The van der Waals surface area contributed by atoms with Crippen LogP contribution >= 0.6 is 15.9 Å². The molecule has 0 amide bonds. The van der Waals surface area contributed by atoms with Crippen molar-refractivity contribution >= 4 is 26.0 Å². The summed E-state index contributed by atoms with van der Waals surface area (Å²) in [5.74, 6) is 1.05. The van der Waals surface area contributed by atoms with Gasteiger partial charge in [0.15, 0.2) is 4.67 Å². The number of nitrogens with one attached hydrogen (secondary N) is 1. The predicted molar refractivity (Wildman–Crippen MR) is 85.6 cm³/mol. The fourth-order valence-electron chi connectivity index (χ4n) is 2.55. The van der Waals surface area contributed by atoms with Gasteiger partial charge in [0, 0.05) is 19.2 Å². The molecule has 1 unspecified atom stereocenters. The predicted octanol–water partition coefficient (Wildman–Crippen LogP) is 2.96. The van der Waals surface area contributed by atoms with Crippen molar-refractivity contribution in [3.63, 3.8) is 0 Å². The minimum absolute atomic E-state index is 0.241. The van der Waals surface area contributed by atoms with Gasteiger partial charge in [0.2, 0.25) is 10.0 Å². The first kappa shape index (κ1) is 17.0.